The minimum atomic E-state index is -0.352. The Balaban J connectivity index is 2.93. The van der Waals surface area contributed by atoms with Crippen LogP contribution < -0.4 is 5.32 Å². The highest BCUT2D eigenvalue weighted by atomic mass is 35.5. The molecule has 0 amide bonds. The van der Waals surface area contributed by atoms with Crippen LogP contribution in [0.3, 0.4) is 0 Å². The molecule has 0 saturated heterocycles. The molecule has 0 saturated carbocycles. The van der Waals surface area contributed by atoms with Crippen LogP contribution in [0, 0.1) is 5.41 Å². The van der Waals surface area contributed by atoms with Crippen molar-refractivity contribution in [3.8, 4) is 0 Å². The zero-order chi connectivity index (χ0) is 15.6. The third-order valence-corrected chi connectivity index (χ3v) is 3.27. The normalized spacial score (nSPS) is 14.2. The molecule has 1 unspecified atom stereocenters. The second-order valence-corrected chi connectivity index (χ2v) is 7.83. The van der Waals surface area contributed by atoms with Crippen LogP contribution in [0.1, 0.15) is 47.1 Å². The van der Waals surface area contributed by atoms with Crippen LogP contribution in [0.15, 0.2) is 24.3 Å². The number of carbonyl (C=O) groups is 1. The van der Waals surface area contributed by atoms with Crippen molar-refractivity contribution in [1.29, 1.82) is 0 Å². The van der Waals surface area contributed by atoms with Crippen LogP contribution in [0.4, 0.5) is 0 Å². The molecule has 1 aromatic carbocycles. The summed E-state index contributed by atoms with van der Waals surface area (Å²) < 4.78 is 0. The molecule has 0 bridgehead atoms. The highest BCUT2D eigenvalue weighted by Gasteiger charge is 2.31. The van der Waals surface area contributed by atoms with Gasteiger partial charge in [-0.15, -0.1) is 0 Å². The van der Waals surface area contributed by atoms with Gasteiger partial charge in [0.2, 0.25) is 0 Å². The monoisotopic (exact) mass is 295 g/mol. The summed E-state index contributed by atoms with van der Waals surface area (Å²) in [5.74, 6) is 0.238. The predicted octanol–water partition coefficient (Wildman–Crippen LogP) is 4.25. The molecule has 2 nitrogen and oxygen atoms in total. The molecule has 0 aromatic heterocycles. The van der Waals surface area contributed by atoms with Gasteiger partial charge in [-0.2, -0.15) is 0 Å². The van der Waals surface area contributed by atoms with E-state index in [0.29, 0.717) is 6.42 Å². The van der Waals surface area contributed by atoms with Gasteiger partial charge in [-0.25, -0.2) is 0 Å². The molecule has 1 aromatic rings. The Morgan fingerprint density at radius 2 is 1.60 bits per heavy atom. The van der Waals surface area contributed by atoms with E-state index < -0.39 is 0 Å². The predicted molar refractivity (Wildman–Crippen MR) is 86.3 cm³/mol. The van der Waals surface area contributed by atoms with Crippen LogP contribution in [-0.2, 0) is 11.2 Å². The zero-order valence-electron chi connectivity index (χ0n) is 13.4. The van der Waals surface area contributed by atoms with E-state index in [1.165, 1.54) is 0 Å². The minimum Gasteiger partial charge on any atom is -0.302 e. The molecule has 0 fully saturated rings. The molecule has 0 radical (unpaired) electrons. The van der Waals surface area contributed by atoms with Crippen LogP contribution in [0.5, 0.6) is 0 Å². The molecular formula is C17H26ClNO. The summed E-state index contributed by atoms with van der Waals surface area (Å²) in [4.78, 5) is 12.6. The summed E-state index contributed by atoms with van der Waals surface area (Å²) in [6.07, 6.45) is 0.685. The van der Waals surface area contributed by atoms with Gasteiger partial charge < -0.3 is 5.32 Å². The Kier molecular flexibility index (Phi) is 5.39. The summed E-state index contributed by atoms with van der Waals surface area (Å²) in [7, 11) is 0. The smallest absolute Gasteiger partial charge is 0.155 e. The van der Waals surface area contributed by atoms with E-state index >= 15 is 0 Å². The van der Waals surface area contributed by atoms with E-state index in [2.05, 4.69) is 26.1 Å². The maximum atomic E-state index is 12.6. The standard InChI is InChI=1S/C17H26ClNO/c1-16(2,3)15(20)14(19-17(4,5)6)11-12-7-9-13(18)10-8-12/h7-10,14,19H,11H2,1-6H3. The first-order valence-corrected chi connectivity index (χ1v) is 7.43. The fraction of sp³-hybridized carbons (Fsp3) is 0.588. The van der Waals surface area contributed by atoms with Crippen molar-refractivity contribution in [1.82, 2.24) is 5.32 Å². The summed E-state index contributed by atoms with van der Waals surface area (Å²) in [5.41, 5.74) is 0.668. The fourth-order valence-corrected chi connectivity index (χ4v) is 2.24. The van der Waals surface area contributed by atoms with Crippen molar-refractivity contribution in [2.24, 2.45) is 5.41 Å². The fourth-order valence-electron chi connectivity index (χ4n) is 2.11. The summed E-state index contributed by atoms with van der Waals surface area (Å²) >= 11 is 5.91. The zero-order valence-corrected chi connectivity index (χ0v) is 14.1. The molecule has 20 heavy (non-hydrogen) atoms. The van der Waals surface area contributed by atoms with Gasteiger partial charge in [-0.1, -0.05) is 44.5 Å². The van der Waals surface area contributed by atoms with Gasteiger partial charge in [0, 0.05) is 16.0 Å². The largest absolute Gasteiger partial charge is 0.302 e. The number of benzene rings is 1. The molecule has 1 rings (SSSR count). The van der Waals surface area contributed by atoms with Gasteiger partial charge in [0.1, 0.15) is 0 Å². The van der Waals surface area contributed by atoms with Gasteiger partial charge in [-0.05, 0) is 44.9 Å². The number of hydrogen-bond acceptors (Lipinski definition) is 2. The Bertz CT molecular complexity index is 451. The van der Waals surface area contributed by atoms with Crippen molar-refractivity contribution >= 4 is 17.4 Å². The van der Waals surface area contributed by atoms with Crippen LogP contribution >= 0.6 is 11.6 Å². The van der Waals surface area contributed by atoms with Crippen LogP contribution in [0.2, 0.25) is 5.02 Å². The van der Waals surface area contributed by atoms with Gasteiger partial charge >= 0.3 is 0 Å². The van der Waals surface area contributed by atoms with Crippen LogP contribution in [-0.4, -0.2) is 17.4 Å². The maximum absolute atomic E-state index is 12.6. The molecule has 1 N–H and O–H groups in total. The number of Topliss-reactive ketones (excluding diaryl/α,β-unsaturated/α-hetero) is 1. The number of halogens is 1. The molecule has 1 atom stereocenters. The first-order valence-electron chi connectivity index (χ1n) is 7.05. The van der Waals surface area contributed by atoms with Crippen molar-refractivity contribution in [3.05, 3.63) is 34.9 Å². The van der Waals surface area contributed by atoms with E-state index in [-0.39, 0.29) is 22.8 Å². The van der Waals surface area contributed by atoms with Gasteiger partial charge in [0.05, 0.1) is 6.04 Å². The van der Waals surface area contributed by atoms with Gasteiger partial charge in [0.25, 0.3) is 0 Å². The third kappa shape index (κ3) is 5.64. The molecule has 0 aliphatic rings. The Labute approximate surface area is 127 Å². The molecule has 0 aliphatic carbocycles. The summed E-state index contributed by atoms with van der Waals surface area (Å²) in [6.45, 7) is 12.1. The number of carbonyl (C=O) groups excluding carboxylic acids is 1. The topological polar surface area (TPSA) is 29.1 Å². The van der Waals surface area contributed by atoms with E-state index in [4.69, 9.17) is 11.6 Å². The van der Waals surface area contributed by atoms with Gasteiger partial charge in [-0.3, -0.25) is 4.79 Å². The lowest BCUT2D eigenvalue weighted by Crippen LogP contribution is -2.51. The van der Waals surface area contributed by atoms with Crippen molar-refractivity contribution < 1.29 is 4.79 Å². The second kappa shape index (κ2) is 6.28. The lowest BCUT2D eigenvalue weighted by molar-refractivity contribution is -0.128. The maximum Gasteiger partial charge on any atom is 0.155 e. The van der Waals surface area contributed by atoms with E-state index in [9.17, 15) is 4.79 Å². The molecule has 112 valence electrons. The first kappa shape index (κ1) is 17.2. The number of ketones is 1. The Hall–Kier alpha value is -0.860. The SMILES string of the molecule is CC(C)(C)NC(Cc1ccc(Cl)cc1)C(=O)C(C)(C)C. The molecule has 3 heteroatoms. The van der Waals surface area contributed by atoms with Crippen molar-refractivity contribution in [2.75, 3.05) is 0 Å². The second-order valence-electron chi connectivity index (χ2n) is 7.39. The molecule has 0 heterocycles. The highest BCUT2D eigenvalue weighted by molar-refractivity contribution is 6.30. The van der Waals surface area contributed by atoms with E-state index in [0.717, 1.165) is 10.6 Å². The van der Waals surface area contributed by atoms with E-state index in [1.807, 2.05) is 45.0 Å². The number of rotatable bonds is 4. The summed E-state index contributed by atoms with van der Waals surface area (Å²) in [6, 6.07) is 7.51. The van der Waals surface area contributed by atoms with Crippen molar-refractivity contribution in [3.63, 3.8) is 0 Å². The van der Waals surface area contributed by atoms with Crippen LogP contribution in [0.25, 0.3) is 0 Å². The molecular weight excluding hydrogens is 270 g/mol. The molecule has 0 aliphatic heterocycles. The van der Waals surface area contributed by atoms with Crippen molar-refractivity contribution in [2.45, 2.75) is 59.5 Å². The number of nitrogens with one attached hydrogen (secondary N) is 1. The number of hydrogen-bond donors (Lipinski definition) is 1. The third-order valence-electron chi connectivity index (χ3n) is 3.02. The lowest BCUT2D eigenvalue weighted by Gasteiger charge is -2.32. The Morgan fingerprint density at radius 1 is 1.10 bits per heavy atom. The average Bonchev–Trinajstić information content (AvgIpc) is 2.27. The minimum absolute atomic E-state index is 0.0992. The molecule has 0 spiro atoms. The van der Waals surface area contributed by atoms with Gasteiger partial charge in [0.15, 0.2) is 5.78 Å². The Morgan fingerprint density at radius 3 is 2.00 bits per heavy atom. The van der Waals surface area contributed by atoms with E-state index in [1.54, 1.807) is 0 Å². The first-order chi connectivity index (χ1) is 8.99. The average molecular weight is 296 g/mol. The lowest BCUT2D eigenvalue weighted by atomic mass is 9.83. The highest BCUT2D eigenvalue weighted by Crippen LogP contribution is 2.21. The quantitative estimate of drug-likeness (QED) is 0.899. The summed E-state index contributed by atoms with van der Waals surface area (Å²) in [5, 5.41) is 4.16.